The molecule has 0 spiro atoms. The first-order valence-electron chi connectivity index (χ1n) is 5.97. The van der Waals surface area contributed by atoms with Crippen LogP contribution in [0.4, 0.5) is 5.95 Å². The molecule has 2 aromatic rings. The van der Waals surface area contributed by atoms with Crippen molar-refractivity contribution in [2.75, 3.05) is 5.32 Å². The number of aryl methyl sites for hydroxylation is 1. The number of hydrogen-bond acceptors (Lipinski definition) is 5. The maximum atomic E-state index is 6.02. The Bertz CT molecular complexity index is 555. The number of aromatic nitrogens is 4. The molecule has 0 aliphatic carbocycles. The number of tetrazole rings is 1. The highest BCUT2D eigenvalue weighted by Gasteiger charge is 2.08. The van der Waals surface area contributed by atoms with Gasteiger partial charge in [0.2, 0.25) is 5.95 Å². The minimum atomic E-state index is 0.108. The van der Waals surface area contributed by atoms with Gasteiger partial charge in [-0.25, -0.2) is 4.68 Å². The molecule has 0 fully saturated rings. The summed E-state index contributed by atoms with van der Waals surface area (Å²) in [6.45, 7) is 4.51. The summed E-state index contributed by atoms with van der Waals surface area (Å²) in [5.74, 6) is 1.40. The van der Waals surface area contributed by atoms with E-state index in [0.717, 1.165) is 11.3 Å². The summed E-state index contributed by atoms with van der Waals surface area (Å²) < 4.78 is 7.31. The molecule has 0 aliphatic rings. The predicted molar refractivity (Wildman–Crippen MR) is 73.3 cm³/mol. The van der Waals surface area contributed by atoms with Gasteiger partial charge in [-0.2, -0.15) is 0 Å². The van der Waals surface area contributed by atoms with Gasteiger partial charge in [-0.1, -0.05) is 16.7 Å². The molecule has 1 heterocycles. The van der Waals surface area contributed by atoms with Crippen LogP contribution in [0.15, 0.2) is 18.2 Å². The fourth-order valence-electron chi connectivity index (χ4n) is 1.61. The van der Waals surface area contributed by atoms with Crippen LogP contribution < -0.4 is 10.1 Å². The highest BCUT2D eigenvalue weighted by molar-refractivity contribution is 6.30. The Kier molecular flexibility index (Phi) is 4.21. The van der Waals surface area contributed by atoms with Crippen LogP contribution in [0.3, 0.4) is 0 Å². The van der Waals surface area contributed by atoms with Gasteiger partial charge in [0.15, 0.2) is 0 Å². The highest BCUT2D eigenvalue weighted by atomic mass is 35.5. The van der Waals surface area contributed by atoms with E-state index in [2.05, 4.69) is 20.8 Å². The first kappa shape index (κ1) is 13.6. The van der Waals surface area contributed by atoms with Gasteiger partial charge in [-0.15, -0.1) is 0 Å². The molecule has 0 atom stereocenters. The molecule has 0 radical (unpaired) electrons. The van der Waals surface area contributed by atoms with E-state index in [-0.39, 0.29) is 6.10 Å². The third kappa shape index (κ3) is 3.57. The minimum absolute atomic E-state index is 0.108. The van der Waals surface area contributed by atoms with Crippen molar-refractivity contribution in [3.63, 3.8) is 0 Å². The molecule has 0 saturated carbocycles. The van der Waals surface area contributed by atoms with Crippen LogP contribution in [0.5, 0.6) is 5.75 Å². The second-order valence-corrected chi connectivity index (χ2v) is 4.83. The second-order valence-electron chi connectivity index (χ2n) is 4.40. The SMILES string of the molecule is CC(C)Oc1ccc(Cl)cc1CNc1nnnn1C. The number of benzene rings is 1. The van der Waals surface area contributed by atoms with E-state index in [1.54, 1.807) is 11.7 Å². The standard InChI is InChI=1S/C12H16ClN5O/c1-8(2)19-11-5-4-10(13)6-9(11)7-14-12-15-16-17-18(12)3/h4-6,8H,7H2,1-3H3,(H,14,15,17). The van der Waals surface area contributed by atoms with Crippen molar-refractivity contribution in [2.45, 2.75) is 26.5 Å². The lowest BCUT2D eigenvalue weighted by atomic mass is 10.2. The van der Waals surface area contributed by atoms with Crippen molar-refractivity contribution >= 4 is 17.5 Å². The molecule has 19 heavy (non-hydrogen) atoms. The number of nitrogens with zero attached hydrogens (tertiary/aromatic N) is 4. The lowest BCUT2D eigenvalue weighted by Crippen LogP contribution is -2.10. The Morgan fingerprint density at radius 1 is 1.42 bits per heavy atom. The quantitative estimate of drug-likeness (QED) is 0.911. The summed E-state index contributed by atoms with van der Waals surface area (Å²) in [4.78, 5) is 0. The third-order valence-corrected chi connectivity index (χ3v) is 2.68. The molecule has 7 heteroatoms. The zero-order valence-corrected chi connectivity index (χ0v) is 11.8. The number of anilines is 1. The zero-order chi connectivity index (χ0) is 13.8. The molecular formula is C12H16ClN5O. The maximum Gasteiger partial charge on any atom is 0.242 e. The molecule has 1 aromatic heterocycles. The third-order valence-electron chi connectivity index (χ3n) is 2.44. The average molecular weight is 282 g/mol. The normalized spacial score (nSPS) is 10.8. The second kappa shape index (κ2) is 5.88. The predicted octanol–water partition coefficient (Wildman–Crippen LogP) is 2.26. The van der Waals surface area contributed by atoms with Gasteiger partial charge in [-0.3, -0.25) is 0 Å². The van der Waals surface area contributed by atoms with Crippen LogP contribution in [-0.2, 0) is 13.6 Å². The van der Waals surface area contributed by atoms with Crippen LogP contribution in [-0.4, -0.2) is 26.3 Å². The van der Waals surface area contributed by atoms with E-state index in [1.807, 2.05) is 32.0 Å². The summed E-state index contributed by atoms with van der Waals surface area (Å²) >= 11 is 6.02. The lowest BCUT2D eigenvalue weighted by Gasteiger charge is -2.15. The molecule has 0 aliphatic heterocycles. The highest BCUT2D eigenvalue weighted by Crippen LogP contribution is 2.24. The van der Waals surface area contributed by atoms with E-state index < -0.39 is 0 Å². The Hall–Kier alpha value is -1.82. The fraction of sp³-hybridized carbons (Fsp3) is 0.417. The van der Waals surface area contributed by atoms with Crippen LogP contribution in [0.25, 0.3) is 0 Å². The average Bonchev–Trinajstić information content (AvgIpc) is 2.75. The van der Waals surface area contributed by atoms with E-state index >= 15 is 0 Å². The van der Waals surface area contributed by atoms with Gasteiger partial charge in [0.25, 0.3) is 0 Å². The van der Waals surface area contributed by atoms with Crippen molar-refractivity contribution in [2.24, 2.45) is 7.05 Å². The molecule has 1 N–H and O–H groups in total. The van der Waals surface area contributed by atoms with E-state index in [1.165, 1.54) is 0 Å². The van der Waals surface area contributed by atoms with Crippen molar-refractivity contribution in [3.8, 4) is 5.75 Å². The zero-order valence-electron chi connectivity index (χ0n) is 11.1. The van der Waals surface area contributed by atoms with Gasteiger partial charge in [0, 0.05) is 24.2 Å². The smallest absolute Gasteiger partial charge is 0.242 e. The number of rotatable bonds is 5. The van der Waals surface area contributed by atoms with Gasteiger partial charge < -0.3 is 10.1 Å². The van der Waals surface area contributed by atoms with Crippen molar-refractivity contribution in [3.05, 3.63) is 28.8 Å². The molecular weight excluding hydrogens is 266 g/mol. The van der Waals surface area contributed by atoms with Crippen molar-refractivity contribution in [1.82, 2.24) is 20.2 Å². The molecule has 102 valence electrons. The molecule has 6 nitrogen and oxygen atoms in total. The Labute approximate surface area is 116 Å². The lowest BCUT2D eigenvalue weighted by molar-refractivity contribution is 0.240. The van der Waals surface area contributed by atoms with Crippen molar-refractivity contribution < 1.29 is 4.74 Å². The molecule has 1 aromatic carbocycles. The largest absolute Gasteiger partial charge is 0.491 e. The summed E-state index contributed by atoms with van der Waals surface area (Å²) in [7, 11) is 1.77. The Morgan fingerprint density at radius 3 is 2.84 bits per heavy atom. The number of ether oxygens (including phenoxy) is 1. The first-order valence-corrected chi connectivity index (χ1v) is 6.35. The van der Waals surface area contributed by atoms with Gasteiger partial charge in [0.1, 0.15) is 5.75 Å². The maximum absolute atomic E-state index is 6.02. The van der Waals surface area contributed by atoms with Crippen LogP contribution in [0.2, 0.25) is 5.02 Å². The first-order chi connectivity index (χ1) is 9.06. The summed E-state index contributed by atoms with van der Waals surface area (Å²) in [6.07, 6.45) is 0.108. The summed E-state index contributed by atoms with van der Waals surface area (Å²) in [5.41, 5.74) is 0.962. The van der Waals surface area contributed by atoms with E-state index in [4.69, 9.17) is 16.3 Å². The Morgan fingerprint density at radius 2 is 2.21 bits per heavy atom. The number of nitrogens with one attached hydrogen (secondary N) is 1. The molecule has 2 rings (SSSR count). The van der Waals surface area contributed by atoms with Gasteiger partial charge >= 0.3 is 0 Å². The van der Waals surface area contributed by atoms with E-state index in [9.17, 15) is 0 Å². The topological polar surface area (TPSA) is 64.9 Å². The number of hydrogen-bond donors (Lipinski definition) is 1. The van der Waals surface area contributed by atoms with Gasteiger partial charge in [-0.05, 0) is 42.5 Å². The monoisotopic (exact) mass is 281 g/mol. The fourth-order valence-corrected chi connectivity index (χ4v) is 1.80. The van der Waals surface area contributed by atoms with Crippen molar-refractivity contribution in [1.29, 1.82) is 0 Å². The molecule has 0 amide bonds. The van der Waals surface area contributed by atoms with E-state index in [0.29, 0.717) is 17.5 Å². The molecule has 0 saturated heterocycles. The summed E-state index contributed by atoms with van der Waals surface area (Å²) in [6, 6.07) is 5.55. The summed E-state index contributed by atoms with van der Waals surface area (Å²) in [5, 5.41) is 15.0. The van der Waals surface area contributed by atoms with Crippen LogP contribution in [0.1, 0.15) is 19.4 Å². The number of halogens is 1. The minimum Gasteiger partial charge on any atom is -0.491 e. The Balaban J connectivity index is 2.14. The van der Waals surface area contributed by atoms with Crippen LogP contribution >= 0.6 is 11.6 Å². The molecule has 0 bridgehead atoms. The molecule has 0 unspecified atom stereocenters. The van der Waals surface area contributed by atoms with Crippen LogP contribution in [0, 0.1) is 0 Å². The van der Waals surface area contributed by atoms with Gasteiger partial charge in [0.05, 0.1) is 6.10 Å².